The third kappa shape index (κ3) is 4.28. The van der Waals surface area contributed by atoms with Crippen molar-refractivity contribution in [2.45, 2.75) is 19.8 Å². The van der Waals surface area contributed by atoms with Crippen LogP contribution in [0, 0.1) is 30.3 Å². The van der Waals surface area contributed by atoms with E-state index >= 15 is 0 Å². The van der Waals surface area contributed by atoms with Crippen LogP contribution in [0.2, 0.25) is 0 Å². The quantitative estimate of drug-likeness (QED) is 0.260. The zero-order valence-electron chi connectivity index (χ0n) is 20.2. The van der Waals surface area contributed by atoms with Gasteiger partial charge in [-0.2, -0.15) is 0 Å². The highest BCUT2D eigenvalue weighted by molar-refractivity contribution is 6.29. The second-order valence-corrected chi connectivity index (χ2v) is 8.79. The van der Waals surface area contributed by atoms with Gasteiger partial charge in [0, 0.05) is 23.3 Å². The first-order chi connectivity index (χ1) is 18.3. The fourth-order valence-electron chi connectivity index (χ4n) is 4.86. The summed E-state index contributed by atoms with van der Waals surface area (Å²) >= 11 is 0. The number of hydrogen-bond donors (Lipinski definition) is 0. The number of allylic oxidation sites excluding steroid dienone is 4. The molecule has 3 aromatic rings. The minimum Gasteiger partial charge on any atom is -0.258 e. The van der Waals surface area contributed by atoms with E-state index in [4.69, 9.17) is 4.99 Å². The molecule has 2 aliphatic carbocycles. The topological polar surface area (TPSA) is 142 Å². The van der Waals surface area contributed by atoms with E-state index < -0.39 is 26.1 Å². The van der Waals surface area contributed by atoms with Crippen molar-refractivity contribution >= 4 is 34.4 Å². The van der Waals surface area contributed by atoms with Crippen LogP contribution in [0.3, 0.4) is 0 Å². The van der Waals surface area contributed by atoms with Gasteiger partial charge in [0.2, 0.25) is 0 Å². The van der Waals surface area contributed by atoms with Crippen molar-refractivity contribution < 1.29 is 14.8 Å². The van der Waals surface area contributed by atoms with Crippen LogP contribution in [0.4, 0.5) is 17.1 Å². The molecule has 0 amide bonds. The van der Waals surface area contributed by atoms with Gasteiger partial charge in [0.1, 0.15) is 0 Å². The molecule has 0 aliphatic heterocycles. The van der Waals surface area contributed by atoms with Crippen molar-refractivity contribution in [2.75, 3.05) is 0 Å². The molecule has 0 N–H and O–H groups in total. The Morgan fingerprint density at radius 2 is 1.50 bits per heavy atom. The number of rotatable bonds is 7. The van der Waals surface area contributed by atoms with Gasteiger partial charge in [-0.3, -0.25) is 30.3 Å². The summed E-state index contributed by atoms with van der Waals surface area (Å²) in [5.41, 5.74) is 3.22. The fourth-order valence-corrected chi connectivity index (χ4v) is 4.86. The number of nitro benzene ring substituents is 2. The molecule has 0 unspecified atom stereocenters. The second-order valence-electron chi connectivity index (χ2n) is 8.79. The molecule has 2 aliphatic rings. The molecule has 3 aromatic carbocycles. The molecule has 0 saturated carbocycles. The SMILES string of the molecule is CCC1=C([N+](=O)[O-])C=C2C(=Cc3cc([N+](=O)[O-])cc([N+](=O)[O-])c32)C1=Nc1ccccc1Cc1ccccc1. The second kappa shape index (κ2) is 9.66. The van der Waals surface area contributed by atoms with Crippen LogP contribution in [-0.4, -0.2) is 20.5 Å². The number of benzene rings is 3. The van der Waals surface area contributed by atoms with Gasteiger partial charge in [-0.05, 0) is 41.7 Å². The third-order valence-corrected chi connectivity index (χ3v) is 6.54. The van der Waals surface area contributed by atoms with Gasteiger partial charge in [-0.25, -0.2) is 4.99 Å². The van der Waals surface area contributed by atoms with E-state index in [2.05, 4.69) is 0 Å². The summed E-state index contributed by atoms with van der Waals surface area (Å²) in [6, 6.07) is 19.4. The summed E-state index contributed by atoms with van der Waals surface area (Å²) in [4.78, 5) is 38.4. The predicted molar refractivity (Wildman–Crippen MR) is 143 cm³/mol. The maximum atomic E-state index is 12.1. The summed E-state index contributed by atoms with van der Waals surface area (Å²) < 4.78 is 0. The number of para-hydroxylation sites is 1. The third-order valence-electron chi connectivity index (χ3n) is 6.54. The molecule has 0 aromatic heterocycles. The average Bonchev–Trinajstić information content (AvgIpc) is 3.28. The maximum absolute atomic E-state index is 12.1. The summed E-state index contributed by atoms with van der Waals surface area (Å²) in [6.45, 7) is 1.78. The molecule has 0 saturated heterocycles. The van der Waals surface area contributed by atoms with Gasteiger partial charge in [-0.1, -0.05) is 55.5 Å². The monoisotopic (exact) mass is 508 g/mol. The molecule has 0 spiro atoms. The first kappa shape index (κ1) is 24.4. The molecule has 0 fully saturated rings. The molecule has 10 heteroatoms. The van der Waals surface area contributed by atoms with Gasteiger partial charge in [-0.15, -0.1) is 0 Å². The molecule has 38 heavy (non-hydrogen) atoms. The summed E-state index contributed by atoms with van der Waals surface area (Å²) in [5, 5.41) is 35.4. The van der Waals surface area contributed by atoms with Crippen LogP contribution >= 0.6 is 0 Å². The Morgan fingerprint density at radius 1 is 0.789 bits per heavy atom. The van der Waals surface area contributed by atoms with E-state index in [-0.39, 0.29) is 28.8 Å². The zero-order chi connectivity index (χ0) is 27.0. The normalized spacial score (nSPS) is 15.0. The smallest absolute Gasteiger partial charge is 0.258 e. The molecular weight excluding hydrogens is 488 g/mol. The van der Waals surface area contributed by atoms with Crippen LogP contribution in [0.5, 0.6) is 0 Å². The van der Waals surface area contributed by atoms with Crippen LogP contribution < -0.4 is 0 Å². The summed E-state index contributed by atoms with van der Waals surface area (Å²) in [6.07, 6.45) is 3.77. The Morgan fingerprint density at radius 3 is 2.16 bits per heavy atom. The number of nitro groups is 3. The van der Waals surface area contributed by atoms with Crippen LogP contribution in [-0.2, 0) is 6.42 Å². The van der Waals surface area contributed by atoms with Gasteiger partial charge in [0.25, 0.3) is 17.1 Å². The van der Waals surface area contributed by atoms with Crippen molar-refractivity contribution in [1.82, 2.24) is 0 Å². The number of aliphatic imine (C=N–C) groups is 1. The predicted octanol–water partition coefficient (Wildman–Crippen LogP) is 6.60. The van der Waals surface area contributed by atoms with Crippen molar-refractivity contribution in [3.63, 3.8) is 0 Å². The van der Waals surface area contributed by atoms with Gasteiger partial charge >= 0.3 is 0 Å². The molecule has 0 atom stereocenters. The number of nitrogens with zero attached hydrogens (tertiary/aromatic N) is 4. The average molecular weight is 508 g/mol. The van der Waals surface area contributed by atoms with E-state index in [9.17, 15) is 30.3 Å². The zero-order valence-corrected chi connectivity index (χ0v) is 20.2. The first-order valence-corrected chi connectivity index (χ1v) is 11.8. The minimum absolute atomic E-state index is 0.107. The number of fused-ring (bicyclic) bond motifs is 3. The lowest BCUT2D eigenvalue weighted by Crippen LogP contribution is -2.17. The lowest BCUT2D eigenvalue weighted by molar-refractivity contribution is -0.419. The highest BCUT2D eigenvalue weighted by Crippen LogP contribution is 2.48. The lowest BCUT2D eigenvalue weighted by atomic mass is 9.86. The summed E-state index contributed by atoms with van der Waals surface area (Å²) in [7, 11) is 0. The van der Waals surface area contributed by atoms with E-state index in [0.29, 0.717) is 29.0 Å². The van der Waals surface area contributed by atoms with Gasteiger partial charge in [0.15, 0.2) is 0 Å². The van der Waals surface area contributed by atoms with Crippen molar-refractivity contribution in [1.29, 1.82) is 0 Å². The van der Waals surface area contributed by atoms with Crippen molar-refractivity contribution in [2.24, 2.45) is 4.99 Å². The van der Waals surface area contributed by atoms with Crippen LogP contribution in [0.1, 0.15) is 35.6 Å². The standard InChI is InChI=1S/C28H20N4O6/c1-2-21-25(31(35)36)16-22-23(14-19-13-20(30(33)34)15-26(27(19)22)32(37)38)28(21)29-24-11-7-6-10-18(24)12-17-8-4-3-5-9-17/h3-11,13-16H,2,12H2,1H3. The number of hydrogen-bond acceptors (Lipinski definition) is 7. The maximum Gasteiger partial charge on any atom is 0.284 e. The van der Waals surface area contributed by atoms with Crippen molar-refractivity contribution in [3.8, 4) is 0 Å². The Hall–Kier alpha value is -5.25. The lowest BCUT2D eigenvalue weighted by Gasteiger charge is -2.18. The van der Waals surface area contributed by atoms with E-state index in [1.165, 1.54) is 12.1 Å². The molecular formula is C28H20N4O6. The Bertz CT molecular complexity index is 1650. The largest absolute Gasteiger partial charge is 0.284 e. The van der Waals surface area contributed by atoms with Crippen molar-refractivity contribution in [3.05, 3.63) is 142 Å². The van der Waals surface area contributed by atoms with E-state index in [0.717, 1.165) is 17.2 Å². The molecule has 188 valence electrons. The highest BCUT2D eigenvalue weighted by atomic mass is 16.6. The van der Waals surface area contributed by atoms with E-state index in [1.807, 2.05) is 54.6 Å². The molecule has 5 rings (SSSR count). The highest BCUT2D eigenvalue weighted by Gasteiger charge is 2.39. The molecule has 0 heterocycles. The molecule has 0 radical (unpaired) electrons. The summed E-state index contributed by atoms with van der Waals surface area (Å²) in [5.74, 6) is 0. The van der Waals surface area contributed by atoms with Gasteiger partial charge in [0.05, 0.1) is 43.4 Å². The van der Waals surface area contributed by atoms with E-state index in [1.54, 1.807) is 13.0 Å². The Kier molecular flexibility index (Phi) is 6.21. The van der Waals surface area contributed by atoms with Crippen LogP contribution in [0.15, 0.2) is 94.6 Å². The van der Waals surface area contributed by atoms with Gasteiger partial charge < -0.3 is 0 Å². The van der Waals surface area contributed by atoms with Crippen LogP contribution in [0.25, 0.3) is 11.6 Å². The number of non-ortho nitro benzene ring substituents is 1. The fraction of sp³-hybridized carbons (Fsp3) is 0.107. The minimum atomic E-state index is -0.708. The molecule has 0 bridgehead atoms. The Labute approximate surface area is 216 Å². The Balaban J connectivity index is 1.73. The first-order valence-electron chi connectivity index (χ1n) is 11.8. The molecule has 10 nitrogen and oxygen atoms in total.